The van der Waals surface area contributed by atoms with Crippen molar-refractivity contribution >= 4 is 22.4 Å². The molecular weight excluding hydrogens is 387 g/mol. The average molecular weight is 409 g/mol. The van der Waals surface area contributed by atoms with E-state index in [1.807, 2.05) is 17.2 Å². The molecule has 2 aliphatic rings. The van der Waals surface area contributed by atoms with Gasteiger partial charge in [0, 0.05) is 37.5 Å². The van der Waals surface area contributed by atoms with Crippen LogP contribution in [0.4, 0.5) is 18.3 Å². The molecule has 2 heterocycles. The number of amides is 1. The Bertz CT molecular complexity index is 866. The first kappa shape index (κ1) is 19.2. The lowest BCUT2D eigenvalue weighted by atomic mass is 10.0. The summed E-state index contributed by atoms with van der Waals surface area (Å²) in [6, 6.07) is 5.39. The molecule has 1 saturated heterocycles. The summed E-state index contributed by atoms with van der Waals surface area (Å²) in [6.45, 7) is 4.88. The summed E-state index contributed by atoms with van der Waals surface area (Å²) in [5.74, 6) is -0.229. The van der Waals surface area contributed by atoms with E-state index in [-0.39, 0.29) is 17.7 Å². The van der Waals surface area contributed by atoms with Crippen molar-refractivity contribution in [1.29, 1.82) is 0 Å². The van der Waals surface area contributed by atoms with E-state index in [9.17, 15) is 18.0 Å². The number of halogens is 3. The van der Waals surface area contributed by atoms with E-state index >= 15 is 0 Å². The van der Waals surface area contributed by atoms with Gasteiger partial charge in [0.15, 0.2) is 5.13 Å². The molecule has 28 heavy (non-hydrogen) atoms. The molecule has 2 unspecified atom stereocenters. The van der Waals surface area contributed by atoms with Crippen LogP contribution in [-0.2, 0) is 11.0 Å². The van der Waals surface area contributed by atoms with Gasteiger partial charge in [-0.3, -0.25) is 4.79 Å². The van der Waals surface area contributed by atoms with E-state index in [0.717, 1.165) is 36.4 Å². The molecule has 0 radical (unpaired) electrons. The van der Waals surface area contributed by atoms with Gasteiger partial charge in [0.25, 0.3) is 0 Å². The molecule has 1 aliphatic carbocycles. The maximum absolute atomic E-state index is 12.9. The molecule has 1 aromatic heterocycles. The van der Waals surface area contributed by atoms with Gasteiger partial charge in [0.2, 0.25) is 5.91 Å². The average Bonchev–Trinajstić information content (AvgIpc) is 3.40. The minimum Gasteiger partial charge on any atom is -0.346 e. The van der Waals surface area contributed by atoms with E-state index in [2.05, 4.69) is 9.88 Å². The van der Waals surface area contributed by atoms with E-state index in [0.29, 0.717) is 25.1 Å². The first-order valence-electron chi connectivity index (χ1n) is 9.46. The van der Waals surface area contributed by atoms with E-state index < -0.39 is 11.7 Å². The first-order valence-corrected chi connectivity index (χ1v) is 10.3. The van der Waals surface area contributed by atoms with E-state index in [1.54, 1.807) is 17.4 Å². The minimum absolute atomic E-state index is 0.0691. The van der Waals surface area contributed by atoms with Crippen molar-refractivity contribution in [2.45, 2.75) is 31.9 Å². The topological polar surface area (TPSA) is 36.4 Å². The van der Waals surface area contributed by atoms with Crippen molar-refractivity contribution in [2.24, 2.45) is 5.92 Å². The molecule has 2 aromatic rings. The fourth-order valence-corrected chi connectivity index (χ4v) is 4.69. The summed E-state index contributed by atoms with van der Waals surface area (Å²) < 4.78 is 38.8. The third-order valence-electron chi connectivity index (χ3n) is 5.43. The number of thiazole rings is 1. The lowest BCUT2D eigenvalue weighted by molar-refractivity contribution is -0.137. The van der Waals surface area contributed by atoms with Crippen molar-refractivity contribution in [3.05, 3.63) is 46.5 Å². The van der Waals surface area contributed by atoms with Crippen LogP contribution in [0.15, 0.2) is 29.6 Å². The van der Waals surface area contributed by atoms with Gasteiger partial charge >= 0.3 is 6.18 Å². The molecule has 4 nitrogen and oxygen atoms in total. The first-order chi connectivity index (χ1) is 13.3. The number of carbonyl (C=O) groups is 1. The molecule has 2 fully saturated rings. The van der Waals surface area contributed by atoms with Crippen LogP contribution in [0.25, 0.3) is 0 Å². The van der Waals surface area contributed by atoms with Crippen LogP contribution in [0.5, 0.6) is 0 Å². The van der Waals surface area contributed by atoms with Crippen LogP contribution < -0.4 is 4.90 Å². The van der Waals surface area contributed by atoms with Crippen LogP contribution in [0.2, 0.25) is 0 Å². The van der Waals surface area contributed by atoms with Crippen LogP contribution in [-0.4, -0.2) is 42.0 Å². The van der Waals surface area contributed by atoms with Gasteiger partial charge in [0.1, 0.15) is 0 Å². The SMILES string of the molecule is Cc1csc(N2CCCN(C(=O)C3CC3c3cccc(C(F)(F)F)c3)CC2)n1. The highest BCUT2D eigenvalue weighted by Gasteiger charge is 2.46. The van der Waals surface area contributed by atoms with Gasteiger partial charge in [-0.2, -0.15) is 13.2 Å². The Morgan fingerprint density at radius 2 is 2.04 bits per heavy atom. The quantitative estimate of drug-likeness (QED) is 0.758. The second kappa shape index (κ2) is 7.39. The highest BCUT2D eigenvalue weighted by atomic mass is 32.1. The van der Waals surface area contributed by atoms with Gasteiger partial charge in [0.05, 0.1) is 11.3 Å². The number of benzene rings is 1. The maximum atomic E-state index is 12.9. The second-order valence-corrected chi connectivity index (χ2v) is 8.35. The van der Waals surface area contributed by atoms with Crippen molar-refractivity contribution in [1.82, 2.24) is 9.88 Å². The summed E-state index contributed by atoms with van der Waals surface area (Å²) in [5, 5.41) is 3.01. The maximum Gasteiger partial charge on any atom is 0.416 e. The molecule has 0 spiro atoms. The third kappa shape index (κ3) is 4.01. The summed E-state index contributed by atoms with van der Waals surface area (Å²) in [6.07, 6.45) is -2.86. The monoisotopic (exact) mass is 409 g/mol. The number of alkyl halides is 3. The number of carbonyl (C=O) groups excluding carboxylic acids is 1. The van der Waals surface area contributed by atoms with Gasteiger partial charge in [-0.1, -0.05) is 18.2 Å². The molecule has 0 bridgehead atoms. The molecule has 150 valence electrons. The fourth-order valence-electron chi connectivity index (χ4n) is 3.83. The Morgan fingerprint density at radius 1 is 1.21 bits per heavy atom. The van der Waals surface area contributed by atoms with Crippen LogP contribution in [0.1, 0.15) is 35.6 Å². The molecule has 1 aromatic carbocycles. The zero-order valence-corrected chi connectivity index (χ0v) is 16.4. The Kier molecular flexibility index (Phi) is 5.07. The Labute approximate surface area is 166 Å². The summed E-state index contributed by atoms with van der Waals surface area (Å²) in [4.78, 5) is 21.5. The molecule has 4 rings (SSSR count). The summed E-state index contributed by atoms with van der Waals surface area (Å²) in [5.41, 5.74) is 0.967. The van der Waals surface area contributed by atoms with Crippen LogP contribution >= 0.6 is 11.3 Å². The Balaban J connectivity index is 1.38. The standard InChI is InChI=1S/C20H22F3N3OS/c1-13-12-28-19(24-13)26-7-3-6-25(8-9-26)18(27)17-11-16(17)14-4-2-5-15(10-14)20(21,22)23/h2,4-5,10,12,16-17H,3,6-9,11H2,1H3. The second-order valence-electron chi connectivity index (χ2n) is 7.51. The molecule has 1 saturated carbocycles. The van der Waals surface area contributed by atoms with Crippen molar-refractivity contribution in [2.75, 3.05) is 31.1 Å². The van der Waals surface area contributed by atoms with E-state index in [4.69, 9.17) is 0 Å². The predicted molar refractivity (Wildman–Crippen MR) is 103 cm³/mol. The normalized spacial score (nSPS) is 22.9. The van der Waals surface area contributed by atoms with Crippen molar-refractivity contribution in [3.8, 4) is 0 Å². The smallest absolute Gasteiger partial charge is 0.346 e. The van der Waals surface area contributed by atoms with Gasteiger partial charge in [-0.15, -0.1) is 11.3 Å². The number of aryl methyl sites for hydroxylation is 1. The number of hydrogen-bond acceptors (Lipinski definition) is 4. The molecule has 1 aliphatic heterocycles. The number of hydrogen-bond donors (Lipinski definition) is 0. The van der Waals surface area contributed by atoms with Crippen molar-refractivity contribution in [3.63, 3.8) is 0 Å². The largest absolute Gasteiger partial charge is 0.416 e. The zero-order chi connectivity index (χ0) is 19.9. The van der Waals surface area contributed by atoms with Crippen LogP contribution in [0.3, 0.4) is 0 Å². The minimum atomic E-state index is -4.35. The third-order valence-corrected chi connectivity index (χ3v) is 6.45. The molecule has 2 atom stereocenters. The Hall–Kier alpha value is -2.09. The summed E-state index contributed by atoms with van der Waals surface area (Å²) >= 11 is 1.61. The van der Waals surface area contributed by atoms with Gasteiger partial charge in [-0.05, 0) is 37.3 Å². The summed E-state index contributed by atoms with van der Waals surface area (Å²) in [7, 11) is 0. The zero-order valence-electron chi connectivity index (χ0n) is 15.6. The fraction of sp³-hybridized carbons (Fsp3) is 0.500. The molecular formula is C20H22F3N3OS. The lowest BCUT2D eigenvalue weighted by Gasteiger charge is -2.22. The highest BCUT2D eigenvalue weighted by molar-refractivity contribution is 7.13. The van der Waals surface area contributed by atoms with Gasteiger partial charge in [-0.25, -0.2) is 4.98 Å². The number of rotatable bonds is 3. The number of nitrogens with zero attached hydrogens (tertiary/aromatic N) is 3. The molecule has 1 amide bonds. The molecule has 0 N–H and O–H groups in total. The lowest BCUT2D eigenvalue weighted by Crippen LogP contribution is -2.36. The predicted octanol–water partition coefficient (Wildman–Crippen LogP) is 4.31. The highest BCUT2D eigenvalue weighted by Crippen LogP contribution is 2.49. The molecule has 8 heteroatoms. The number of anilines is 1. The van der Waals surface area contributed by atoms with Gasteiger partial charge < -0.3 is 9.80 Å². The van der Waals surface area contributed by atoms with E-state index in [1.165, 1.54) is 12.1 Å². The van der Waals surface area contributed by atoms with Crippen LogP contribution in [0, 0.1) is 12.8 Å². The number of aromatic nitrogens is 1. The Morgan fingerprint density at radius 3 is 2.75 bits per heavy atom. The van der Waals surface area contributed by atoms with Crippen molar-refractivity contribution < 1.29 is 18.0 Å².